The minimum Gasteiger partial charge on any atom is -0.508 e. The number of ether oxygens (including phenoxy) is 1. The van der Waals surface area contributed by atoms with Gasteiger partial charge >= 0.3 is 6.09 Å². The molecule has 5 aliphatic rings. The van der Waals surface area contributed by atoms with Crippen molar-refractivity contribution in [3.05, 3.63) is 46.6 Å². The second kappa shape index (κ2) is 15.6. The number of phenols is 1. The maximum Gasteiger partial charge on any atom is 0.407 e. The molecule has 57 heavy (non-hydrogen) atoms. The van der Waals surface area contributed by atoms with Gasteiger partial charge in [-0.1, -0.05) is 45.8 Å². The van der Waals surface area contributed by atoms with E-state index in [9.17, 15) is 41.9 Å². The summed E-state index contributed by atoms with van der Waals surface area (Å²) in [6.45, 7) is 6.13. The van der Waals surface area contributed by atoms with Crippen molar-refractivity contribution in [1.29, 1.82) is 0 Å². The van der Waals surface area contributed by atoms with Gasteiger partial charge in [0.25, 0.3) is 11.8 Å². The molecule has 2 aromatic rings. The molecule has 0 bridgehead atoms. The van der Waals surface area contributed by atoms with Gasteiger partial charge in [-0.2, -0.15) is 0 Å². The number of fused-ring (bicyclic) bond motifs is 4. The zero-order valence-corrected chi connectivity index (χ0v) is 33.8. The number of hydrogen-bond acceptors (Lipinski definition) is 11. The number of amides is 5. The summed E-state index contributed by atoms with van der Waals surface area (Å²) in [5.74, 6) is -4.81. The van der Waals surface area contributed by atoms with Gasteiger partial charge in [0, 0.05) is 54.4 Å². The molecule has 0 unspecified atom stereocenters. The van der Waals surface area contributed by atoms with Gasteiger partial charge in [0.2, 0.25) is 21.8 Å². The molecule has 1 aromatic carbocycles. The van der Waals surface area contributed by atoms with E-state index in [1.54, 1.807) is 10.3 Å². The number of carbonyl (C=O) groups is 5. The number of nitrogens with one attached hydrogen (secondary N) is 3. The van der Waals surface area contributed by atoms with Crippen LogP contribution >= 0.6 is 11.3 Å². The average Bonchev–Trinajstić information content (AvgIpc) is 3.96. The van der Waals surface area contributed by atoms with Crippen LogP contribution in [0.15, 0.2) is 35.7 Å². The highest BCUT2D eigenvalue weighted by atomic mass is 32.2. The van der Waals surface area contributed by atoms with Crippen LogP contribution in [-0.4, -0.2) is 107 Å². The molecular weight excluding hydrogens is 780 g/mol. The lowest BCUT2D eigenvalue weighted by atomic mass is 9.93. The van der Waals surface area contributed by atoms with Gasteiger partial charge in [0.05, 0.1) is 17.6 Å². The number of thiazole rings is 1. The number of benzene rings is 1. The number of hydrogen-bond donors (Lipinski definition) is 4. The highest BCUT2D eigenvalue weighted by molar-refractivity contribution is 7.91. The van der Waals surface area contributed by atoms with E-state index in [1.807, 2.05) is 32.9 Å². The molecule has 18 heteroatoms. The molecule has 1 aromatic heterocycles. The van der Waals surface area contributed by atoms with Gasteiger partial charge in [-0.25, -0.2) is 22.6 Å². The number of likely N-dealkylation sites (tertiary alicyclic amines) is 1. The Morgan fingerprint density at radius 3 is 2.60 bits per heavy atom. The molecular formula is C39H49FN6O9S2. The molecule has 4 fully saturated rings. The fourth-order valence-corrected chi connectivity index (χ4v) is 10.2. The summed E-state index contributed by atoms with van der Waals surface area (Å²) in [4.78, 5) is 77.2. The Labute approximate surface area is 334 Å². The third-order valence-electron chi connectivity index (χ3n) is 11.3. The van der Waals surface area contributed by atoms with E-state index in [-0.39, 0.29) is 66.0 Å². The average molecular weight is 829 g/mol. The van der Waals surface area contributed by atoms with Crippen molar-refractivity contribution in [2.45, 2.75) is 95.0 Å². The van der Waals surface area contributed by atoms with Crippen molar-refractivity contribution in [2.24, 2.45) is 23.2 Å². The number of allylic oxidation sites excluding steroid dienone is 1. The normalized spacial score (nSPS) is 28.5. The Morgan fingerprint density at radius 1 is 1.11 bits per heavy atom. The third kappa shape index (κ3) is 8.81. The molecule has 4 N–H and O–H groups in total. The van der Waals surface area contributed by atoms with E-state index >= 15 is 0 Å². The van der Waals surface area contributed by atoms with Gasteiger partial charge in [-0.3, -0.25) is 23.9 Å². The summed E-state index contributed by atoms with van der Waals surface area (Å²) in [6.07, 6.45) is 7.11. The highest BCUT2D eigenvalue weighted by Crippen LogP contribution is 2.47. The van der Waals surface area contributed by atoms with Crippen LogP contribution in [-0.2, 0) is 29.1 Å². The molecule has 2 saturated carbocycles. The Balaban J connectivity index is 1.16. The Kier molecular flexibility index (Phi) is 11.1. The summed E-state index contributed by atoms with van der Waals surface area (Å²) in [7, 11) is -3.94. The van der Waals surface area contributed by atoms with Crippen LogP contribution in [0.4, 0.5) is 9.18 Å². The van der Waals surface area contributed by atoms with Crippen molar-refractivity contribution in [2.75, 3.05) is 26.2 Å². The second-order valence-corrected chi connectivity index (χ2v) is 19.9. The van der Waals surface area contributed by atoms with Crippen molar-refractivity contribution in [1.82, 2.24) is 30.1 Å². The maximum absolute atomic E-state index is 14.6. The summed E-state index contributed by atoms with van der Waals surface area (Å²) in [6, 6.07) is 1.45. The molecule has 7 rings (SSSR count). The van der Waals surface area contributed by atoms with Gasteiger partial charge < -0.3 is 30.3 Å². The minimum absolute atomic E-state index is 0.0537. The van der Waals surface area contributed by atoms with Gasteiger partial charge in [-0.05, 0) is 56.1 Å². The van der Waals surface area contributed by atoms with E-state index < -0.39 is 80.3 Å². The predicted octanol–water partition coefficient (Wildman–Crippen LogP) is 3.70. The smallest absolute Gasteiger partial charge is 0.407 e. The number of aromatic hydroxyl groups is 1. The van der Waals surface area contributed by atoms with E-state index in [0.29, 0.717) is 32.1 Å². The molecule has 0 radical (unpaired) electrons. The number of rotatable bonds is 7. The molecule has 308 valence electrons. The van der Waals surface area contributed by atoms with Crippen molar-refractivity contribution in [3.63, 3.8) is 0 Å². The summed E-state index contributed by atoms with van der Waals surface area (Å²) >= 11 is 1.03. The first kappa shape index (κ1) is 40.6. The van der Waals surface area contributed by atoms with Crippen LogP contribution in [0, 0.1) is 29.0 Å². The first-order valence-electron chi connectivity index (χ1n) is 19.5. The van der Waals surface area contributed by atoms with E-state index in [0.717, 1.165) is 30.2 Å². The monoisotopic (exact) mass is 828 g/mol. The SMILES string of the molecule is CC(C)(C)COC(=O)N[C@H]1CCCCC/C=C\[C@H]2C[C@@]2(C(=O)NS(=O)(=O)C2CC2)NC(=O)[C@@H]2[C@H]3CN(C(=O)c4nc(-c5ccc(O)cc5F)cs4)C[C@H]3CN2C1=O. The quantitative estimate of drug-likeness (QED) is 0.298. The molecule has 0 spiro atoms. The zero-order valence-electron chi connectivity index (χ0n) is 32.2. The lowest BCUT2D eigenvalue weighted by molar-refractivity contribution is -0.142. The minimum atomic E-state index is -3.94. The van der Waals surface area contributed by atoms with Crippen LogP contribution < -0.4 is 15.4 Å². The third-order valence-corrected chi connectivity index (χ3v) is 14.0. The summed E-state index contributed by atoms with van der Waals surface area (Å²) < 4.78 is 48.0. The Bertz CT molecular complexity index is 2080. The van der Waals surface area contributed by atoms with Crippen LogP contribution in [0.2, 0.25) is 0 Å². The van der Waals surface area contributed by atoms with Gasteiger partial charge in [0.1, 0.15) is 29.2 Å². The standard InChI is InChI=1S/C39H49FN6O9S2/c1-38(2,3)21-55-37(52)42-29-10-8-6-4-5-7-9-23-16-39(23,36(51)44-57(53,54)25-12-13-25)43-32(48)31-27-19-45(17-22(27)18-46(31)34(29)49)35(50)33-41-30(20-56-33)26-14-11-24(47)15-28(26)40/h7,9,11,14-15,20,22-23,25,27,29,31,47H,4-6,8,10,12-13,16-19,21H2,1-3H3,(H,42,52)(H,43,48)(H,44,51)/b9-7-/t22-,23-,27-,29-,31-,39+/m0/s1. The molecule has 5 amide bonds. The topological polar surface area (TPSA) is 204 Å². The molecule has 6 atom stereocenters. The molecule has 3 aliphatic heterocycles. The zero-order chi connectivity index (χ0) is 40.9. The van der Waals surface area contributed by atoms with Crippen molar-refractivity contribution >= 4 is 51.1 Å². The van der Waals surface area contributed by atoms with Crippen LogP contribution in [0.3, 0.4) is 0 Å². The van der Waals surface area contributed by atoms with Crippen molar-refractivity contribution in [3.8, 4) is 17.0 Å². The first-order valence-corrected chi connectivity index (χ1v) is 21.9. The van der Waals surface area contributed by atoms with Crippen LogP contribution in [0.5, 0.6) is 5.75 Å². The highest BCUT2D eigenvalue weighted by Gasteiger charge is 2.63. The van der Waals surface area contributed by atoms with Crippen LogP contribution in [0.25, 0.3) is 11.3 Å². The lowest BCUT2D eigenvalue weighted by Gasteiger charge is -2.33. The fraction of sp³-hybridized carbons (Fsp3) is 0.590. The van der Waals surface area contributed by atoms with E-state index in [2.05, 4.69) is 20.3 Å². The predicted molar refractivity (Wildman–Crippen MR) is 207 cm³/mol. The largest absolute Gasteiger partial charge is 0.508 e. The summed E-state index contributed by atoms with van der Waals surface area (Å²) in [5, 5.41) is 16.2. The molecule has 2 aliphatic carbocycles. The Morgan fingerprint density at radius 2 is 1.88 bits per heavy atom. The molecule has 15 nitrogen and oxygen atoms in total. The molecule has 4 heterocycles. The Hall–Kier alpha value is -4.58. The number of halogens is 1. The first-order chi connectivity index (χ1) is 27.0. The fourth-order valence-electron chi connectivity index (χ4n) is 8.05. The van der Waals surface area contributed by atoms with E-state index in [4.69, 9.17) is 4.74 Å². The van der Waals surface area contributed by atoms with Gasteiger partial charge in [0.15, 0.2) is 5.01 Å². The number of sulfonamides is 1. The van der Waals surface area contributed by atoms with E-state index in [1.165, 1.54) is 17.0 Å². The molecule has 2 saturated heterocycles. The van der Waals surface area contributed by atoms with Crippen LogP contribution in [0.1, 0.15) is 81.9 Å². The summed E-state index contributed by atoms with van der Waals surface area (Å²) in [5.41, 5.74) is -1.55. The number of aromatic nitrogens is 1. The van der Waals surface area contributed by atoms with Gasteiger partial charge in [-0.15, -0.1) is 11.3 Å². The number of carbonyl (C=O) groups excluding carboxylic acids is 5. The maximum atomic E-state index is 14.6. The number of alkyl carbamates (subject to hydrolysis) is 1. The second-order valence-electron chi connectivity index (χ2n) is 17.1. The lowest BCUT2D eigenvalue weighted by Crippen LogP contribution is -2.60. The number of nitrogens with zero attached hydrogens (tertiary/aromatic N) is 3. The van der Waals surface area contributed by atoms with Crippen molar-refractivity contribution < 1.29 is 46.6 Å². The number of phenolic OH excluding ortho intramolecular Hbond substituents is 1.